The molecule has 0 saturated heterocycles. The first-order valence-corrected chi connectivity index (χ1v) is 10.00. The molecule has 1 amide bonds. The predicted molar refractivity (Wildman–Crippen MR) is 102 cm³/mol. The summed E-state index contributed by atoms with van der Waals surface area (Å²) in [6, 6.07) is 13.2. The Morgan fingerprint density at radius 1 is 1.15 bits per heavy atom. The molecule has 0 aliphatic carbocycles. The summed E-state index contributed by atoms with van der Waals surface area (Å²) < 4.78 is 37.5. The van der Waals surface area contributed by atoms with E-state index < -0.39 is 10.0 Å². The molecule has 146 valence electrons. The lowest BCUT2D eigenvalue weighted by molar-refractivity contribution is -0.123. The largest absolute Gasteiger partial charge is 0.482 e. The van der Waals surface area contributed by atoms with E-state index in [0.717, 1.165) is 5.56 Å². The monoisotopic (exact) mass is 412 g/mol. The molecule has 27 heavy (non-hydrogen) atoms. The zero-order chi connectivity index (χ0) is 19.7. The Balaban J connectivity index is 1.95. The highest BCUT2D eigenvalue weighted by molar-refractivity contribution is 7.89. The summed E-state index contributed by atoms with van der Waals surface area (Å²) in [6.45, 7) is 0.703. The quantitative estimate of drug-likeness (QED) is 0.582. The minimum Gasteiger partial charge on any atom is -0.482 e. The number of benzene rings is 2. The summed E-state index contributed by atoms with van der Waals surface area (Å²) in [5, 5.41) is 2.70. The summed E-state index contributed by atoms with van der Waals surface area (Å²) >= 11 is 6.09. The summed E-state index contributed by atoms with van der Waals surface area (Å²) in [4.78, 5) is 11.6. The first-order chi connectivity index (χ1) is 12.9. The molecule has 0 heterocycles. The highest BCUT2D eigenvalue weighted by atomic mass is 35.5. The van der Waals surface area contributed by atoms with Gasteiger partial charge in [-0.05, 0) is 23.8 Å². The van der Waals surface area contributed by atoms with Crippen molar-refractivity contribution in [1.29, 1.82) is 0 Å². The Kier molecular flexibility index (Phi) is 8.05. The fourth-order valence-electron chi connectivity index (χ4n) is 2.11. The lowest BCUT2D eigenvalue weighted by Gasteiger charge is -2.11. The topological polar surface area (TPSA) is 93.7 Å². The van der Waals surface area contributed by atoms with Gasteiger partial charge >= 0.3 is 0 Å². The van der Waals surface area contributed by atoms with Crippen LogP contribution in [0.2, 0.25) is 5.02 Å². The van der Waals surface area contributed by atoms with E-state index in [1.165, 1.54) is 25.3 Å². The van der Waals surface area contributed by atoms with E-state index in [4.69, 9.17) is 21.1 Å². The third kappa shape index (κ3) is 6.84. The number of methoxy groups -OCH3 is 1. The van der Waals surface area contributed by atoms with E-state index in [1.54, 1.807) is 0 Å². The second-order valence-corrected chi connectivity index (χ2v) is 7.71. The molecule has 0 aliphatic heterocycles. The Bertz CT molecular complexity index is 859. The van der Waals surface area contributed by atoms with Crippen LogP contribution in [0, 0.1) is 0 Å². The minimum absolute atomic E-state index is 0.0142. The average molecular weight is 413 g/mol. The van der Waals surface area contributed by atoms with Gasteiger partial charge in [-0.1, -0.05) is 41.9 Å². The molecule has 0 unspecified atom stereocenters. The third-order valence-electron chi connectivity index (χ3n) is 3.51. The van der Waals surface area contributed by atoms with Gasteiger partial charge in [-0.15, -0.1) is 0 Å². The number of carbonyl (C=O) groups is 1. The van der Waals surface area contributed by atoms with Crippen molar-refractivity contribution in [3.63, 3.8) is 0 Å². The van der Waals surface area contributed by atoms with Gasteiger partial charge in [0.15, 0.2) is 6.61 Å². The van der Waals surface area contributed by atoms with Crippen molar-refractivity contribution in [3.05, 3.63) is 59.1 Å². The molecule has 0 saturated carbocycles. The normalized spacial score (nSPS) is 11.2. The summed E-state index contributed by atoms with van der Waals surface area (Å²) in [5.74, 6) is -0.107. The second-order valence-electron chi connectivity index (χ2n) is 5.53. The standard InChI is InChI=1S/C18H21ClN2O5S/c1-25-10-9-20-18(22)13-26-17-8-7-15(11-16(17)19)27(23,24)21-12-14-5-3-2-4-6-14/h2-8,11,21H,9-10,12-13H2,1H3,(H,20,22). The summed E-state index contributed by atoms with van der Waals surface area (Å²) in [7, 11) is -2.19. The number of sulfonamides is 1. The van der Waals surface area contributed by atoms with Gasteiger partial charge in [-0.25, -0.2) is 13.1 Å². The molecule has 0 aromatic heterocycles. The number of hydrogen-bond acceptors (Lipinski definition) is 5. The highest BCUT2D eigenvalue weighted by Crippen LogP contribution is 2.27. The van der Waals surface area contributed by atoms with Crippen LogP contribution in [-0.4, -0.2) is 41.2 Å². The lowest BCUT2D eigenvalue weighted by Crippen LogP contribution is -2.31. The van der Waals surface area contributed by atoms with E-state index in [0.29, 0.717) is 13.2 Å². The Hall–Kier alpha value is -2.13. The number of halogens is 1. The Morgan fingerprint density at radius 2 is 1.89 bits per heavy atom. The van der Waals surface area contributed by atoms with Crippen LogP contribution >= 0.6 is 11.6 Å². The number of rotatable bonds is 10. The van der Waals surface area contributed by atoms with Gasteiger partial charge in [0.2, 0.25) is 10.0 Å². The number of nitrogens with one attached hydrogen (secondary N) is 2. The van der Waals surface area contributed by atoms with Crippen LogP contribution in [0.3, 0.4) is 0 Å². The average Bonchev–Trinajstić information content (AvgIpc) is 2.66. The zero-order valence-electron chi connectivity index (χ0n) is 14.8. The zero-order valence-corrected chi connectivity index (χ0v) is 16.3. The van der Waals surface area contributed by atoms with Crippen molar-refractivity contribution < 1.29 is 22.7 Å². The van der Waals surface area contributed by atoms with Gasteiger partial charge in [0, 0.05) is 20.2 Å². The maximum atomic E-state index is 12.4. The number of ether oxygens (including phenoxy) is 2. The van der Waals surface area contributed by atoms with Crippen LogP contribution < -0.4 is 14.8 Å². The molecule has 0 aliphatic rings. The van der Waals surface area contributed by atoms with Crippen LogP contribution in [0.1, 0.15) is 5.56 Å². The molecule has 0 fully saturated rings. The first-order valence-electron chi connectivity index (χ1n) is 8.14. The molecule has 0 atom stereocenters. The number of hydrogen-bond donors (Lipinski definition) is 2. The first kappa shape index (κ1) is 21.2. The molecule has 0 spiro atoms. The third-order valence-corrected chi connectivity index (χ3v) is 5.20. The second kappa shape index (κ2) is 10.3. The maximum Gasteiger partial charge on any atom is 0.258 e. The van der Waals surface area contributed by atoms with Crippen molar-refractivity contribution >= 4 is 27.5 Å². The van der Waals surface area contributed by atoms with Gasteiger partial charge in [0.05, 0.1) is 16.5 Å². The van der Waals surface area contributed by atoms with E-state index in [2.05, 4.69) is 10.0 Å². The van der Waals surface area contributed by atoms with Gasteiger partial charge in [0.1, 0.15) is 5.75 Å². The van der Waals surface area contributed by atoms with Crippen molar-refractivity contribution in [2.75, 3.05) is 26.9 Å². The van der Waals surface area contributed by atoms with E-state index >= 15 is 0 Å². The molecular formula is C18H21ClN2O5S. The van der Waals surface area contributed by atoms with Gasteiger partial charge in [0.25, 0.3) is 5.91 Å². The van der Waals surface area contributed by atoms with Crippen LogP contribution in [0.25, 0.3) is 0 Å². The molecule has 0 bridgehead atoms. The van der Waals surface area contributed by atoms with Crippen molar-refractivity contribution in [3.8, 4) is 5.75 Å². The van der Waals surface area contributed by atoms with Gasteiger partial charge in [-0.3, -0.25) is 4.79 Å². The van der Waals surface area contributed by atoms with Crippen LogP contribution in [0.4, 0.5) is 0 Å². The van der Waals surface area contributed by atoms with Crippen molar-refractivity contribution in [2.24, 2.45) is 0 Å². The van der Waals surface area contributed by atoms with Crippen molar-refractivity contribution in [2.45, 2.75) is 11.4 Å². The van der Waals surface area contributed by atoms with E-state index in [1.807, 2.05) is 30.3 Å². The molecule has 2 rings (SSSR count). The Morgan fingerprint density at radius 3 is 2.56 bits per heavy atom. The molecular weight excluding hydrogens is 392 g/mol. The fraction of sp³-hybridized carbons (Fsp3) is 0.278. The molecule has 2 N–H and O–H groups in total. The van der Waals surface area contributed by atoms with Crippen molar-refractivity contribution in [1.82, 2.24) is 10.0 Å². The van der Waals surface area contributed by atoms with E-state index in [-0.39, 0.29) is 34.7 Å². The fourth-order valence-corrected chi connectivity index (χ4v) is 3.45. The minimum atomic E-state index is -3.73. The predicted octanol–water partition coefficient (Wildman–Crippen LogP) is 1.96. The maximum absolute atomic E-state index is 12.4. The van der Waals surface area contributed by atoms with Crippen LogP contribution in [-0.2, 0) is 26.1 Å². The molecule has 0 radical (unpaired) electrons. The lowest BCUT2D eigenvalue weighted by atomic mass is 10.2. The van der Waals surface area contributed by atoms with Crippen LogP contribution in [0.5, 0.6) is 5.75 Å². The molecule has 2 aromatic rings. The molecule has 2 aromatic carbocycles. The van der Waals surface area contributed by atoms with Gasteiger partial charge < -0.3 is 14.8 Å². The van der Waals surface area contributed by atoms with Crippen LogP contribution in [0.15, 0.2) is 53.4 Å². The SMILES string of the molecule is COCCNC(=O)COc1ccc(S(=O)(=O)NCc2ccccc2)cc1Cl. The van der Waals surface area contributed by atoms with Gasteiger partial charge in [-0.2, -0.15) is 0 Å². The summed E-state index contributed by atoms with van der Waals surface area (Å²) in [6.07, 6.45) is 0. The number of carbonyl (C=O) groups excluding carboxylic acids is 1. The summed E-state index contributed by atoms with van der Waals surface area (Å²) in [5.41, 5.74) is 0.839. The molecule has 7 nitrogen and oxygen atoms in total. The van der Waals surface area contributed by atoms with E-state index in [9.17, 15) is 13.2 Å². The smallest absolute Gasteiger partial charge is 0.258 e. The number of amides is 1. The highest BCUT2D eigenvalue weighted by Gasteiger charge is 2.16. The molecule has 9 heteroatoms. The Labute approximate surface area is 163 Å².